The van der Waals surface area contributed by atoms with Crippen LogP contribution in [-0.2, 0) is 13.1 Å². The molecule has 0 aromatic carbocycles. The lowest BCUT2D eigenvalue weighted by atomic mass is 10.3. The van der Waals surface area contributed by atoms with Crippen LogP contribution in [0.25, 0.3) is 0 Å². The third-order valence-electron chi connectivity index (χ3n) is 3.00. The van der Waals surface area contributed by atoms with Crippen LogP contribution in [0.1, 0.15) is 23.5 Å². The van der Waals surface area contributed by atoms with E-state index in [0.29, 0.717) is 0 Å². The third kappa shape index (κ3) is 4.40. The molecule has 0 bridgehead atoms. The van der Waals surface area contributed by atoms with Crippen molar-refractivity contribution < 1.29 is 0 Å². The van der Waals surface area contributed by atoms with Gasteiger partial charge in [-0.05, 0) is 70.8 Å². The molecule has 108 valence electrons. The van der Waals surface area contributed by atoms with Crippen molar-refractivity contribution in [3.63, 3.8) is 0 Å². The van der Waals surface area contributed by atoms with Crippen LogP contribution in [0, 0.1) is 13.8 Å². The Bertz CT molecular complexity index is 581. The van der Waals surface area contributed by atoms with Gasteiger partial charge in [0.05, 0.1) is 11.4 Å². The molecular formula is C14H18Br2N4. The zero-order valence-electron chi connectivity index (χ0n) is 11.7. The van der Waals surface area contributed by atoms with Crippen molar-refractivity contribution in [2.45, 2.75) is 33.4 Å². The number of aryl methyl sites for hydroxylation is 3. The number of aromatic nitrogens is 3. The van der Waals surface area contributed by atoms with Gasteiger partial charge in [0, 0.05) is 33.9 Å². The minimum atomic E-state index is 0.769. The highest BCUT2D eigenvalue weighted by Crippen LogP contribution is 2.19. The number of nitrogens with one attached hydrogen (secondary N) is 1. The molecule has 2 aromatic rings. The molecule has 2 rings (SSSR count). The summed E-state index contributed by atoms with van der Waals surface area (Å²) >= 11 is 6.92. The molecule has 0 amide bonds. The predicted molar refractivity (Wildman–Crippen MR) is 87.7 cm³/mol. The molecule has 2 aromatic heterocycles. The van der Waals surface area contributed by atoms with Gasteiger partial charge in [0.25, 0.3) is 0 Å². The molecule has 0 aliphatic heterocycles. The molecule has 0 aliphatic rings. The van der Waals surface area contributed by atoms with Crippen LogP contribution >= 0.6 is 31.9 Å². The lowest BCUT2D eigenvalue weighted by Gasteiger charge is -2.07. The summed E-state index contributed by atoms with van der Waals surface area (Å²) in [4.78, 5) is 4.38. The molecule has 0 saturated carbocycles. The van der Waals surface area contributed by atoms with Crippen molar-refractivity contribution in [1.29, 1.82) is 0 Å². The van der Waals surface area contributed by atoms with Gasteiger partial charge in [-0.3, -0.25) is 9.67 Å². The maximum atomic E-state index is 4.45. The summed E-state index contributed by atoms with van der Waals surface area (Å²) < 4.78 is 4.07. The van der Waals surface area contributed by atoms with E-state index in [9.17, 15) is 0 Å². The predicted octanol–water partition coefficient (Wildman–Crippen LogP) is 3.60. The van der Waals surface area contributed by atoms with Crippen LogP contribution in [0.2, 0.25) is 0 Å². The Morgan fingerprint density at radius 2 is 2.05 bits per heavy atom. The van der Waals surface area contributed by atoms with Gasteiger partial charge in [-0.15, -0.1) is 0 Å². The first kappa shape index (κ1) is 15.7. The van der Waals surface area contributed by atoms with E-state index in [0.717, 1.165) is 46.4 Å². The van der Waals surface area contributed by atoms with Gasteiger partial charge >= 0.3 is 0 Å². The van der Waals surface area contributed by atoms with Gasteiger partial charge < -0.3 is 5.32 Å². The van der Waals surface area contributed by atoms with Crippen LogP contribution in [0.4, 0.5) is 0 Å². The van der Waals surface area contributed by atoms with Gasteiger partial charge in [0.2, 0.25) is 0 Å². The summed E-state index contributed by atoms with van der Waals surface area (Å²) in [6.07, 6.45) is 2.87. The monoisotopic (exact) mass is 400 g/mol. The van der Waals surface area contributed by atoms with Crippen LogP contribution in [0.15, 0.2) is 27.3 Å². The molecule has 1 N–H and O–H groups in total. The fraction of sp³-hybridized carbons (Fsp3) is 0.429. The van der Waals surface area contributed by atoms with E-state index >= 15 is 0 Å². The van der Waals surface area contributed by atoms with Gasteiger partial charge in [-0.1, -0.05) is 0 Å². The molecule has 0 spiro atoms. The average molecular weight is 402 g/mol. The SMILES string of the molecule is Cc1cc(C)n(CCCNCc2ncc(Br)cc2Br)n1. The molecule has 0 saturated heterocycles. The first-order valence-corrected chi connectivity index (χ1v) is 8.16. The number of hydrogen-bond donors (Lipinski definition) is 1. The number of nitrogens with zero attached hydrogens (tertiary/aromatic N) is 3. The lowest BCUT2D eigenvalue weighted by Crippen LogP contribution is -2.18. The second-order valence-corrected chi connectivity index (χ2v) is 6.53. The molecule has 0 radical (unpaired) electrons. The van der Waals surface area contributed by atoms with E-state index in [1.54, 1.807) is 0 Å². The summed E-state index contributed by atoms with van der Waals surface area (Å²) in [7, 11) is 0. The molecule has 0 atom stereocenters. The van der Waals surface area contributed by atoms with E-state index < -0.39 is 0 Å². The Morgan fingerprint density at radius 3 is 2.70 bits per heavy atom. The summed E-state index contributed by atoms with van der Waals surface area (Å²) in [5.74, 6) is 0. The highest BCUT2D eigenvalue weighted by molar-refractivity contribution is 9.11. The van der Waals surface area contributed by atoms with Gasteiger partial charge in [0.15, 0.2) is 0 Å². The van der Waals surface area contributed by atoms with Crippen molar-refractivity contribution in [3.8, 4) is 0 Å². The standard InChI is InChI=1S/C14H18Br2N4/c1-10-6-11(2)20(19-10)5-3-4-17-9-14-13(16)7-12(15)8-18-14/h6-8,17H,3-5,9H2,1-2H3. The van der Waals surface area contributed by atoms with Gasteiger partial charge in [-0.25, -0.2) is 0 Å². The Hall–Kier alpha value is -0.720. The molecule has 4 nitrogen and oxygen atoms in total. The lowest BCUT2D eigenvalue weighted by molar-refractivity contribution is 0.530. The minimum Gasteiger partial charge on any atom is -0.311 e. The van der Waals surface area contributed by atoms with E-state index in [2.05, 4.69) is 64.9 Å². The summed E-state index contributed by atoms with van der Waals surface area (Å²) in [6.45, 7) is 6.78. The van der Waals surface area contributed by atoms with E-state index in [4.69, 9.17) is 0 Å². The summed E-state index contributed by atoms with van der Waals surface area (Å²) in [5.41, 5.74) is 3.33. The third-order valence-corrected chi connectivity index (χ3v) is 4.12. The van der Waals surface area contributed by atoms with Crippen LogP contribution in [-0.4, -0.2) is 21.3 Å². The maximum absolute atomic E-state index is 4.45. The average Bonchev–Trinajstić information content (AvgIpc) is 2.70. The van der Waals surface area contributed by atoms with Crippen LogP contribution < -0.4 is 5.32 Å². The molecule has 0 fully saturated rings. The first-order valence-electron chi connectivity index (χ1n) is 6.58. The number of pyridine rings is 1. The quantitative estimate of drug-likeness (QED) is 0.752. The highest BCUT2D eigenvalue weighted by Gasteiger charge is 2.03. The number of halogens is 2. The number of hydrogen-bond acceptors (Lipinski definition) is 3. The zero-order valence-corrected chi connectivity index (χ0v) is 14.8. The minimum absolute atomic E-state index is 0.769. The highest BCUT2D eigenvalue weighted by atomic mass is 79.9. The van der Waals surface area contributed by atoms with E-state index in [-0.39, 0.29) is 0 Å². The zero-order chi connectivity index (χ0) is 14.5. The Labute approximate surface area is 136 Å². The van der Waals surface area contributed by atoms with Crippen LogP contribution in [0.5, 0.6) is 0 Å². The molecule has 0 unspecified atom stereocenters. The fourth-order valence-electron chi connectivity index (χ4n) is 2.03. The fourth-order valence-corrected chi connectivity index (χ4v) is 3.16. The first-order chi connectivity index (χ1) is 9.56. The second kappa shape index (κ2) is 7.33. The Morgan fingerprint density at radius 1 is 1.25 bits per heavy atom. The smallest absolute Gasteiger partial charge is 0.0684 e. The molecular weight excluding hydrogens is 384 g/mol. The Balaban J connectivity index is 1.73. The molecule has 2 heterocycles. The maximum Gasteiger partial charge on any atom is 0.0684 e. The van der Waals surface area contributed by atoms with Crippen molar-refractivity contribution >= 4 is 31.9 Å². The second-order valence-electron chi connectivity index (χ2n) is 4.76. The summed E-state index contributed by atoms with van der Waals surface area (Å²) in [5, 5.41) is 7.86. The van der Waals surface area contributed by atoms with Crippen molar-refractivity contribution in [2.24, 2.45) is 0 Å². The van der Waals surface area contributed by atoms with Crippen LogP contribution in [0.3, 0.4) is 0 Å². The Kier molecular flexibility index (Phi) is 5.74. The van der Waals surface area contributed by atoms with Gasteiger partial charge in [-0.2, -0.15) is 5.10 Å². The largest absolute Gasteiger partial charge is 0.311 e. The molecule has 20 heavy (non-hydrogen) atoms. The number of rotatable bonds is 6. The molecule has 0 aliphatic carbocycles. The van der Waals surface area contributed by atoms with Gasteiger partial charge in [0.1, 0.15) is 0 Å². The normalized spacial score (nSPS) is 11.0. The topological polar surface area (TPSA) is 42.7 Å². The van der Waals surface area contributed by atoms with Crippen molar-refractivity contribution in [1.82, 2.24) is 20.1 Å². The molecule has 6 heteroatoms. The van der Waals surface area contributed by atoms with E-state index in [1.165, 1.54) is 5.69 Å². The van der Waals surface area contributed by atoms with Crippen molar-refractivity contribution in [3.05, 3.63) is 44.4 Å². The summed E-state index contributed by atoms with van der Waals surface area (Å²) in [6, 6.07) is 4.12. The van der Waals surface area contributed by atoms with Crippen molar-refractivity contribution in [2.75, 3.05) is 6.54 Å². The van der Waals surface area contributed by atoms with E-state index in [1.807, 2.05) is 19.2 Å².